The number of carbonyl (C=O) groups excluding carboxylic acids is 2. The van der Waals surface area contributed by atoms with E-state index in [1.54, 1.807) is 42.5 Å². The predicted octanol–water partition coefficient (Wildman–Crippen LogP) is 1.65. The molecule has 1 aliphatic heterocycles. The summed E-state index contributed by atoms with van der Waals surface area (Å²) in [5.41, 5.74) is 1.52. The summed E-state index contributed by atoms with van der Waals surface area (Å²) in [6.45, 7) is 0.125. The number of amidine groups is 1. The van der Waals surface area contributed by atoms with Gasteiger partial charge in [-0.1, -0.05) is 18.2 Å². The van der Waals surface area contributed by atoms with Crippen molar-refractivity contribution in [1.29, 1.82) is 0 Å². The molecule has 0 bridgehead atoms. The molecule has 2 amide bonds. The third-order valence-electron chi connectivity index (χ3n) is 4.59. The van der Waals surface area contributed by atoms with Gasteiger partial charge in [-0.3, -0.25) is 19.3 Å². The molecule has 4 rings (SSSR count). The van der Waals surface area contributed by atoms with E-state index in [0.29, 0.717) is 16.8 Å². The first-order valence-corrected chi connectivity index (χ1v) is 10.8. The Morgan fingerprint density at radius 3 is 2.69 bits per heavy atom. The monoisotopic (exact) mass is 412 g/mol. The van der Waals surface area contributed by atoms with Gasteiger partial charge < -0.3 is 10.6 Å². The van der Waals surface area contributed by atoms with Gasteiger partial charge in [0.2, 0.25) is 5.91 Å². The molecule has 0 saturated heterocycles. The van der Waals surface area contributed by atoms with E-state index in [0.717, 1.165) is 12.8 Å². The first-order valence-electron chi connectivity index (χ1n) is 9.30. The van der Waals surface area contributed by atoms with Crippen LogP contribution in [0.2, 0.25) is 0 Å². The standard InChI is InChI=1S/C20H20N4O4S/c25-18(22-15-5-3-4-13(12-15)20(26)23-14-8-9-14)10-11-21-19-16-6-1-2-7-17(16)29(27,28)24-19/h1-7,12,14H,8-11H2,(H,21,24)(H,22,25)(H,23,26). The predicted molar refractivity (Wildman–Crippen MR) is 108 cm³/mol. The Morgan fingerprint density at radius 2 is 1.90 bits per heavy atom. The fourth-order valence-corrected chi connectivity index (χ4v) is 4.23. The number of carbonyl (C=O) groups is 2. The molecule has 2 aromatic carbocycles. The SMILES string of the molecule is O=C(CCN=C1NS(=O)(=O)c2ccccc21)Nc1cccc(C(=O)NC2CC2)c1. The number of rotatable bonds is 6. The number of hydrogen-bond acceptors (Lipinski definition) is 5. The molecule has 3 N–H and O–H groups in total. The van der Waals surface area contributed by atoms with Gasteiger partial charge in [-0.15, -0.1) is 0 Å². The highest BCUT2D eigenvalue weighted by atomic mass is 32.2. The van der Waals surface area contributed by atoms with Crippen molar-refractivity contribution in [2.45, 2.75) is 30.2 Å². The zero-order chi connectivity index (χ0) is 20.4. The van der Waals surface area contributed by atoms with Gasteiger partial charge in [-0.25, -0.2) is 8.42 Å². The van der Waals surface area contributed by atoms with Crippen molar-refractivity contribution >= 4 is 33.4 Å². The van der Waals surface area contributed by atoms with Gasteiger partial charge in [0.25, 0.3) is 15.9 Å². The molecule has 1 aliphatic carbocycles. The minimum Gasteiger partial charge on any atom is -0.349 e. The maximum absolute atomic E-state index is 12.2. The molecule has 1 fully saturated rings. The summed E-state index contributed by atoms with van der Waals surface area (Å²) in [5.74, 6) is -0.183. The summed E-state index contributed by atoms with van der Waals surface area (Å²) in [5, 5.41) is 5.65. The van der Waals surface area contributed by atoms with Crippen LogP contribution >= 0.6 is 0 Å². The van der Waals surface area contributed by atoms with Crippen LogP contribution in [0.15, 0.2) is 58.4 Å². The second kappa shape index (κ2) is 7.67. The van der Waals surface area contributed by atoms with Crippen LogP contribution in [0.3, 0.4) is 0 Å². The van der Waals surface area contributed by atoms with Crippen LogP contribution in [-0.4, -0.2) is 38.7 Å². The molecule has 1 saturated carbocycles. The van der Waals surface area contributed by atoms with Gasteiger partial charge in [0, 0.05) is 29.3 Å². The molecule has 150 valence electrons. The zero-order valence-corrected chi connectivity index (χ0v) is 16.3. The molecule has 0 unspecified atom stereocenters. The highest BCUT2D eigenvalue weighted by molar-refractivity contribution is 7.90. The molecule has 0 atom stereocenters. The number of nitrogens with one attached hydrogen (secondary N) is 3. The van der Waals surface area contributed by atoms with Gasteiger partial charge in [0.05, 0.1) is 11.4 Å². The lowest BCUT2D eigenvalue weighted by Gasteiger charge is -2.07. The second-order valence-corrected chi connectivity index (χ2v) is 8.61. The van der Waals surface area contributed by atoms with Gasteiger partial charge in [-0.05, 0) is 43.2 Å². The lowest BCUT2D eigenvalue weighted by Crippen LogP contribution is -2.25. The lowest BCUT2D eigenvalue weighted by molar-refractivity contribution is -0.116. The largest absolute Gasteiger partial charge is 0.349 e. The van der Waals surface area contributed by atoms with E-state index in [4.69, 9.17) is 0 Å². The summed E-state index contributed by atoms with van der Waals surface area (Å²) in [6, 6.07) is 13.6. The maximum Gasteiger partial charge on any atom is 0.263 e. The van der Waals surface area contributed by atoms with Crippen molar-refractivity contribution in [3.8, 4) is 0 Å². The minimum absolute atomic E-state index is 0.0753. The van der Waals surface area contributed by atoms with Crippen molar-refractivity contribution in [2.75, 3.05) is 11.9 Å². The maximum atomic E-state index is 12.2. The number of aliphatic imine (C=N–C) groups is 1. The second-order valence-electron chi connectivity index (χ2n) is 6.96. The highest BCUT2D eigenvalue weighted by Crippen LogP contribution is 2.22. The van der Waals surface area contributed by atoms with E-state index < -0.39 is 10.0 Å². The van der Waals surface area contributed by atoms with Crippen molar-refractivity contribution in [1.82, 2.24) is 10.0 Å². The normalized spacial score (nSPS) is 18.0. The summed E-state index contributed by atoms with van der Waals surface area (Å²) in [4.78, 5) is 28.7. The van der Waals surface area contributed by atoms with Crippen molar-refractivity contribution < 1.29 is 18.0 Å². The summed E-state index contributed by atoms with van der Waals surface area (Å²) >= 11 is 0. The van der Waals surface area contributed by atoms with Crippen molar-refractivity contribution in [2.24, 2.45) is 4.99 Å². The third kappa shape index (κ3) is 4.45. The first kappa shape index (κ1) is 19.1. The Hall–Kier alpha value is -3.20. The van der Waals surface area contributed by atoms with Crippen LogP contribution in [0.1, 0.15) is 35.2 Å². The van der Waals surface area contributed by atoms with Gasteiger partial charge >= 0.3 is 0 Å². The fourth-order valence-electron chi connectivity index (χ4n) is 2.98. The molecular weight excluding hydrogens is 392 g/mol. The Labute approximate surface area is 168 Å². The molecular formula is C20H20N4O4S. The highest BCUT2D eigenvalue weighted by Gasteiger charge is 2.30. The minimum atomic E-state index is -3.59. The van der Waals surface area contributed by atoms with E-state index in [1.807, 2.05) is 0 Å². The van der Waals surface area contributed by atoms with Crippen LogP contribution in [0.5, 0.6) is 0 Å². The third-order valence-corrected chi connectivity index (χ3v) is 5.99. The van der Waals surface area contributed by atoms with Gasteiger partial charge in [-0.2, -0.15) is 0 Å². The van der Waals surface area contributed by atoms with Gasteiger partial charge in [0.1, 0.15) is 5.84 Å². The molecule has 0 aromatic heterocycles. The molecule has 1 heterocycles. The topological polar surface area (TPSA) is 117 Å². The van der Waals surface area contributed by atoms with Crippen molar-refractivity contribution in [3.63, 3.8) is 0 Å². The molecule has 2 aromatic rings. The quantitative estimate of drug-likeness (QED) is 0.669. The van der Waals surface area contributed by atoms with E-state index >= 15 is 0 Å². The van der Waals surface area contributed by atoms with Crippen molar-refractivity contribution in [3.05, 3.63) is 59.7 Å². The summed E-state index contributed by atoms with van der Waals surface area (Å²) < 4.78 is 26.5. The summed E-state index contributed by atoms with van der Waals surface area (Å²) in [6.07, 6.45) is 2.09. The van der Waals surface area contributed by atoms with Crippen LogP contribution in [0.25, 0.3) is 0 Å². The van der Waals surface area contributed by atoms with Crippen LogP contribution in [-0.2, 0) is 14.8 Å². The Balaban J connectivity index is 1.35. The average molecular weight is 412 g/mol. The number of benzene rings is 2. The fraction of sp³-hybridized carbons (Fsp3) is 0.250. The number of nitrogens with zero attached hydrogens (tertiary/aromatic N) is 1. The molecule has 29 heavy (non-hydrogen) atoms. The number of hydrogen-bond donors (Lipinski definition) is 3. The average Bonchev–Trinajstić information content (AvgIpc) is 3.47. The van der Waals surface area contributed by atoms with Crippen LogP contribution in [0.4, 0.5) is 5.69 Å². The van der Waals surface area contributed by atoms with E-state index in [2.05, 4.69) is 20.3 Å². The Bertz CT molecular complexity index is 1110. The molecule has 0 radical (unpaired) electrons. The smallest absolute Gasteiger partial charge is 0.263 e. The lowest BCUT2D eigenvalue weighted by atomic mass is 10.2. The number of fused-ring (bicyclic) bond motifs is 1. The first-order chi connectivity index (χ1) is 13.9. The van der Waals surface area contributed by atoms with Gasteiger partial charge in [0.15, 0.2) is 0 Å². The molecule has 2 aliphatic rings. The Kier molecular flexibility index (Phi) is 5.06. The molecule has 9 heteroatoms. The molecule has 0 spiro atoms. The number of sulfonamides is 1. The van der Waals surface area contributed by atoms with E-state index in [-0.39, 0.29) is 41.6 Å². The zero-order valence-electron chi connectivity index (χ0n) is 15.5. The van der Waals surface area contributed by atoms with E-state index in [1.165, 1.54) is 6.07 Å². The number of anilines is 1. The summed E-state index contributed by atoms with van der Waals surface area (Å²) in [7, 11) is -3.59. The molecule has 8 nitrogen and oxygen atoms in total. The van der Waals surface area contributed by atoms with E-state index in [9.17, 15) is 18.0 Å². The van der Waals surface area contributed by atoms with Crippen LogP contribution in [0, 0.1) is 0 Å². The number of amides is 2. The Morgan fingerprint density at radius 1 is 1.10 bits per heavy atom. The van der Waals surface area contributed by atoms with Crippen LogP contribution < -0.4 is 15.4 Å².